The van der Waals surface area contributed by atoms with E-state index in [1.165, 1.54) is 0 Å². The third kappa shape index (κ3) is 2.66. The predicted octanol–water partition coefficient (Wildman–Crippen LogP) is 1.23. The molecule has 0 aliphatic heterocycles. The normalized spacial score (nSPS) is 14.6. The second kappa shape index (κ2) is 4.43. The molecule has 0 atom stereocenters. The van der Waals surface area contributed by atoms with Crippen molar-refractivity contribution in [1.82, 2.24) is 5.32 Å². The van der Waals surface area contributed by atoms with Crippen molar-refractivity contribution in [3.8, 4) is 5.75 Å². The van der Waals surface area contributed by atoms with Crippen LogP contribution in [0.1, 0.15) is 18.4 Å². The zero-order chi connectivity index (χ0) is 11.5. The Morgan fingerprint density at radius 3 is 3.00 bits per heavy atom. The van der Waals surface area contributed by atoms with E-state index in [2.05, 4.69) is 5.32 Å². The summed E-state index contributed by atoms with van der Waals surface area (Å²) < 4.78 is 5.37. The fraction of sp³-hybridized carbons (Fsp3) is 0.417. The molecule has 0 heterocycles. The van der Waals surface area contributed by atoms with E-state index in [1.807, 2.05) is 19.1 Å². The second-order valence-corrected chi connectivity index (χ2v) is 4.12. The Hall–Kier alpha value is -1.71. The van der Waals surface area contributed by atoms with Gasteiger partial charge in [0.15, 0.2) is 6.61 Å². The maximum absolute atomic E-state index is 11.4. The molecule has 1 fully saturated rings. The minimum atomic E-state index is -0.0802. The topological polar surface area (TPSA) is 64.3 Å². The lowest BCUT2D eigenvalue weighted by atomic mass is 10.2. The van der Waals surface area contributed by atoms with Crippen molar-refractivity contribution in [2.24, 2.45) is 0 Å². The number of aryl methyl sites for hydroxylation is 1. The molecule has 0 radical (unpaired) electrons. The maximum Gasteiger partial charge on any atom is 0.258 e. The smallest absolute Gasteiger partial charge is 0.258 e. The quantitative estimate of drug-likeness (QED) is 0.750. The van der Waals surface area contributed by atoms with E-state index in [0.29, 0.717) is 17.5 Å². The average molecular weight is 220 g/mol. The van der Waals surface area contributed by atoms with Crippen molar-refractivity contribution in [2.45, 2.75) is 25.8 Å². The molecule has 4 nitrogen and oxygen atoms in total. The number of anilines is 1. The van der Waals surface area contributed by atoms with Crippen LogP contribution in [0.3, 0.4) is 0 Å². The molecule has 1 aliphatic rings. The van der Waals surface area contributed by atoms with Crippen LogP contribution in [0.5, 0.6) is 5.75 Å². The van der Waals surface area contributed by atoms with Crippen LogP contribution >= 0.6 is 0 Å². The number of ether oxygens (including phenoxy) is 1. The van der Waals surface area contributed by atoms with Crippen LogP contribution in [-0.4, -0.2) is 18.6 Å². The van der Waals surface area contributed by atoms with Gasteiger partial charge in [0.1, 0.15) is 5.75 Å². The van der Waals surface area contributed by atoms with Gasteiger partial charge in [0.25, 0.3) is 5.91 Å². The number of rotatable bonds is 4. The van der Waals surface area contributed by atoms with Gasteiger partial charge in [0.05, 0.1) is 5.69 Å². The van der Waals surface area contributed by atoms with Gasteiger partial charge in [-0.05, 0) is 31.4 Å². The lowest BCUT2D eigenvalue weighted by molar-refractivity contribution is -0.123. The first-order valence-electron chi connectivity index (χ1n) is 5.44. The Morgan fingerprint density at radius 1 is 1.56 bits per heavy atom. The van der Waals surface area contributed by atoms with Crippen molar-refractivity contribution in [2.75, 3.05) is 12.3 Å². The van der Waals surface area contributed by atoms with Gasteiger partial charge in [-0.15, -0.1) is 0 Å². The monoisotopic (exact) mass is 220 g/mol. The lowest BCUT2D eigenvalue weighted by Crippen LogP contribution is -2.30. The van der Waals surface area contributed by atoms with Crippen LogP contribution in [-0.2, 0) is 4.79 Å². The SMILES string of the molecule is Cc1cccc(OCC(=O)NC2CC2)c1N. The molecule has 1 amide bonds. The lowest BCUT2D eigenvalue weighted by Gasteiger charge is -2.10. The van der Waals surface area contributed by atoms with Crippen LogP contribution in [0, 0.1) is 6.92 Å². The molecule has 1 aromatic carbocycles. The number of amides is 1. The van der Waals surface area contributed by atoms with Crippen molar-refractivity contribution in [1.29, 1.82) is 0 Å². The Balaban J connectivity index is 1.88. The first-order chi connectivity index (χ1) is 7.66. The molecule has 0 bridgehead atoms. The van der Waals surface area contributed by atoms with Gasteiger partial charge in [0, 0.05) is 6.04 Å². The van der Waals surface area contributed by atoms with E-state index in [9.17, 15) is 4.79 Å². The highest BCUT2D eigenvalue weighted by Crippen LogP contribution is 2.24. The Kier molecular flexibility index (Phi) is 2.99. The van der Waals surface area contributed by atoms with Crippen LogP contribution < -0.4 is 15.8 Å². The van der Waals surface area contributed by atoms with Crippen LogP contribution in [0.15, 0.2) is 18.2 Å². The third-order valence-corrected chi connectivity index (χ3v) is 2.59. The van der Waals surface area contributed by atoms with Gasteiger partial charge in [-0.3, -0.25) is 4.79 Å². The number of hydrogen-bond donors (Lipinski definition) is 2. The number of hydrogen-bond acceptors (Lipinski definition) is 3. The van der Waals surface area contributed by atoms with Crippen molar-refractivity contribution in [3.63, 3.8) is 0 Å². The Morgan fingerprint density at radius 2 is 2.31 bits per heavy atom. The highest BCUT2D eigenvalue weighted by Gasteiger charge is 2.23. The first-order valence-corrected chi connectivity index (χ1v) is 5.44. The summed E-state index contributed by atoms with van der Waals surface area (Å²) in [6.45, 7) is 1.94. The molecule has 0 spiro atoms. The third-order valence-electron chi connectivity index (χ3n) is 2.59. The standard InChI is InChI=1S/C12H16N2O2/c1-8-3-2-4-10(12(8)13)16-7-11(15)14-9-5-6-9/h2-4,9H,5-7,13H2,1H3,(H,14,15). The predicted molar refractivity (Wildman–Crippen MR) is 62.3 cm³/mol. The molecule has 16 heavy (non-hydrogen) atoms. The van der Waals surface area contributed by atoms with Crippen LogP contribution in [0.25, 0.3) is 0 Å². The number of carbonyl (C=O) groups excluding carboxylic acids is 1. The van der Waals surface area contributed by atoms with Crippen molar-refractivity contribution >= 4 is 11.6 Å². The fourth-order valence-electron chi connectivity index (χ4n) is 1.42. The molecule has 3 N–H and O–H groups in total. The molecule has 1 aliphatic carbocycles. The number of nitrogens with two attached hydrogens (primary N) is 1. The molecule has 1 saturated carbocycles. The van der Waals surface area contributed by atoms with E-state index < -0.39 is 0 Å². The van der Waals surface area contributed by atoms with Crippen LogP contribution in [0.2, 0.25) is 0 Å². The molecule has 4 heteroatoms. The van der Waals surface area contributed by atoms with Gasteiger partial charge in [0.2, 0.25) is 0 Å². The summed E-state index contributed by atoms with van der Waals surface area (Å²) in [4.78, 5) is 11.4. The van der Waals surface area contributed by atoms with Crippen molar-refractivity contribution in [3.05, 3.63) is 23.8 Å². The Bertz CT molecular complexity index is 400. The molecule has 2 rings (SSSR count). The summed E-state index contributed by atoms with van der Waals surface area (Å²) in [6, 6.07) is 5.91. The molecular formula is C12H16N2O2. The molecule has 0 aromatic heterocycles. The number of para-hydroxylation sites is 1. The number of carbonyl (C=O) groups is 1. The summed E-state index contributed by atoms with van der Waals surface area (Å²) in [6.07, 6.45) is 2.16. The zero-order valence-electron chi connectivity index (χ0n) is 9.32. The van der Waals surface area contributed by atoms with Gasteiger partial charge in [-0.2, -0.15) is 0 Å². The van der Waals surface area contributed by atoms with Crippen LogP contribution in [0.4, 0.5) is 5.69 Å². The minimum Gasteiger partial charge on any atom is -0.482 e. The van der Waals surface area contributed by atoms with E-state index in [-0.39, 0.29) is 12.5 Å². The molecular weight excluding hydrogens is 204 g/mol. The first kappa shape index (κ1) is 10.8. The molecule has 1 aromatic rings. The van der Waals surface area contributed by atoms with Gasteiger partial charge in [-0.1, -0.05) is 12.1 Å². The summed E-state index contributed by atoms with van der Waals surface area (Å²) in [7, 11) is 0. The Labute approximate surface area is 94.8 Å². The van der Waals surface area contributed by atoms with Crippen molar-refractivity contribution < 1.29 is 9.53 Å². The van der Waals surface area contributed by atoms with E-state index >= 15 is 0 Å². The summed E-state index contributed by atoms with van der Waals surface area (Å²) in [5, 5.41) is 2.85. The highest BCUT2D eigenvalue weighted by atomic mass is 16.5. The molecule has 0 saturated heterocycles. The number of benzene rings is 1. The van der Waals surface area contributed by atoms with Gasteiger partial charge in [-0.25, -0.2) is 0 Å². The number of nitrogens with one attached hydrogen (secondary N) is 1. The van der Waals surface area contributed by atoms with E-state index in [0.717, 1.165) is 18.4 Å². The summed E-state index contributed by atoms with van der Waals surface area (Å²) in [5.74, 6) is 0.495. The van der Waals surface area contributed by atoms with Gasteiger partial charge >= 0.3 is 0 Å². The highest BCUT2D eigenvalue weighted by molar-refractivity contribution is 5.78. The molecule has 86 valence electrons. The van der Waals surface area contributed by atoms with E-state index in [1.54, 1.807) is 6.07 Å². The summed E-state index contributed by atoms with van der Waals surface area (Å²) >= 11 is 0. The van der Waals surface area contributed by atoms with Gasteiger partial charge < -0.3 is 15.8 Å². The second-order valence-electron chi connectivity index (χ2n) is 4.12. The number of nitrogen functional groups attached to an aromatic ring is 1. The zero-order valence-corrected chi connectivity index (χ0v) is 9.32. The summed E-state index contributed by atoms with van der Waals surface area (Å²) in [5.41, 5.74) is 7.38. The fourth-order valence-corrected chi connectivity index (χ4v) is 1.42. The van der Waals surface area contributed by atoms with E-state index in [4.69, 9.17) is 10.5 Å². The molecule has 0 unspecified atom stereocenters. The maximum atomic E-state index is 11.4. The largest absolute Gasteiger partial charge is 0.482 e. The average Bonchev–Trinajstić information content (AvgIpc) is 3.04. The minimum absolute atomic E-state index is 0.0319.